The molecular formula is C46H60N8O5S. The Labute approximate surface area is 357 Å². The highest BCUT2D eigenvalue weighted by Gasteiger charge is 2.42. The number of nitrogens with one attached hydrogen (secondary N) is 2. The Morgan fingerprint density at radius 3 is 2.63 bits per heavy atom. The second-order valence-electron chi connectivity index (χ2n) is 18.7. The fourth-order valence-electron chi connectivity index (χ4n) is 10.1. The van der Waals surface area contributed by atoms with Gasteiger partial charge < -0.3 is 24.3 Å². The van der Waals surface area contributed by atoms with Gasteiger partial charge in [0.05, 0.1) is 46.7 Å². The van der Waals surface area contributed by atoms with Gasteiger partial charge in [0.15, 0.2) is 0 Å². The molecule has 1 saturated carbocycles. The number of rotatable bonds is 7. The Balaban J connectivity index is 1.17. The molecule has 0 spiro atoms. The van der Waals surface area contributed by atoms with Gasteiger partial charge in [-0.2, -0.15) is 0 Å². The number of cyclic esters (lactones) is 1. The molecule has 8 bridgehead atoms. The molecule has 3 aromatic heterocycles. The van der Waals surface area contributed by atoms with Gasteiger partial charge in [-0.05, 0) is 89.1 Å². The maximum Gasteiger partial charge on any atom is 0.324 e. The lowest BCUT2D eigenvalue weighted by Gasteiger charge is -2.40. The maximum atomic E-state index is 14.2. The molecule has 5 aliphatic rings. The number of carbonyl (C=O) groups excluding carboxylic acids is 3. The number of fused-ring (bicyclic) bond motifs is 8. The summed E-state index contributed by atoms with van der Waals surface area (Å²) >= 11 is 1.50. The lowest BCUT2D eigenvalue weighted by molar-refractivity contribution is -0.155. The highest BCUT2D eigenvalue weighted by molar-refractivity contribution is 7.10. The molecule has 1 aromatic carbocycles. The van der Waals surface area contributed by atoms with Crippen LogP contribution < -0.4 is 15.6 Å². The van der Waals surface area contributed by atoms with E-state index in [1.807, 2.05) is 6.20 Å². The summed E-state index contributed by atoms with van der Waals surface area (Å²) in [4.78, 5) is 56.6. The van der Waals surface area contributed by atoms with E-state index in [-0.39, 0.29) is 42.8 Å². The number of ether oxygens (including phenoxy) is 2. The number of hydrogen-bond acceptors (Lipinski definition) is 11. The molecule has 2 amide bonds. The number of thiazole rings is 1. The number of aromatic nitrogens is 3. The summed E-state index contributed by atoms with van der Waals surface area (Å²) in [5, 5.41) is 8.49. The summed E-state index contributed by atoms with van der Waals surface area (Å²) in [5.41, 5.74) is 11.0. The lowest BCUT2D eigenvalue weighted by Crippen LogP contribution is -2.60. The first kappa shape index (κ1) is 41.0. The first-order chi connectivity index (χ1) is 28.8. The van der Waals surface area contributed by atoms with Gasteiger partial charge in [0.2, 0.25) is 5.91 Å². The van der Waals surface area contributed by atoms with E-state index in [1.165, 1.54) is 29.2 Å². The van der Waals surface area contributed by atoms with Crippen molar-refractivity contribution in [2.75, 3.05) is 45.3 Å². The average Bonchev–Trinajstić information content (AvgIpc) is 3.59. The van der Waals surface area contributed by atoms with Gasteiger partial charge in [0, 0.05) is 90.5 Å². The number of hydrazine groups is 1. The maximum absolute atomic E-state index is 14.2. The Morgan fingerprint density at radius 1 is 1.15 bits per heavy atom. The summed E-state index contributed by atoms with van der Waals surface area (Å²) in [6.45, 7) is 13.9. The molecule has 3 saturated heterocycles. The van der Waals surface area contributed by atoms with Crippen molar-refractivity contribution >= 4 is 45.7 Å². The second kappa shape index (κ2) is 16.2. The molecule has 7 heterocycles. The second-order valence-corrected chi connectivity index (χ2v) is 19.7. The molecule has 13 nitrogen and oxygen atoms in total. The van der Waals surface area contributed by atoms with Crippen LogP contribution in [-0.2, 0) is 43.2 Å². The van der Waals surface area contributed by atoms with Crippen molar-refractivity contribution in [3.05, 3.63) is 52.1 Å². The van der Waals surface area contributed by atoms with E-state index in [0.717, 1.165) is 81.4 Å². The van der Waals surface area contributed by atoms with Gasteiger partial charge in [-0.1, -0.05) is 26.8 Å². The number of anilines is 1. The monoisotopic (exact) mass is 836 g/mol. The van der Waals surface area contributed by atoms with Crippen LogP contribution in [0.5, 0.6) is 0 Å². The number of benzene rings is 1. The highest BCUT2D eigenvalue weighted by atomic mass is 32.1. The first-order valence-electron chi connectivity index (χ1n) is 22.0. The molecule has 14 heteroatoms. The number of pyridine rings is 1. The third kappa shape index (κ3) is 7.73. The van der Waals surface area contributed by atoms with Crippen LogP contribution >= 0.6 is 11.3 Å². The number of hydrogen-bond donors (Lipinski definition) is 2. The van der Waals surface area contributed by atoms with Crippen LogP contribution in [0.4, 0.5) is 5.69 Å². The van der Waals surface area contributed by atoms with Crippen molar-refractivity contribution in [2.24, 2.45) is 17.3 Å². The average molecular weight is 837 g/mol. The molecule has 0 radical (unpaired) electrons. The summed E-state index contributed by atoms with van der Waals surface area (Å²) in [5.74, 6) is -0.553. The van der Waals surface area contributed by atoms with E-state index in [1.54, 1.807) is 7.11 Å². The molecule has 1 aliphatic carbocycles. The Kier molecular flexibility index (Phi) is 11.0. The SMILES string of the molecule is CCn1c(-c2cc(N3CC4CCC(C3)N4C)cnc2[C@H](C)OC)c2c3cc(ccc31)-c1csc(n1)C[C@H](NC(=O)[C@H]1C[C@@H]1C)C(=O)N1CCC[C@H](N1)C(=O)OCC(C)(C)C2. The smallest absolute Gasteiger partial charge is 0.324 e. The van der Waals surface area contributed by atoms with Crippen molar-refractivity contribution < 1.29 is 23.9 Å². The minimum absolute atomic E-state index is 0.0896. The zero-order chi connectivity index (χ0) is 42.0. The summed E-state index contributed by atoms with van der Waals surface area (Å²) in [6.07, 6.45) is 7.09. The van der Waals surface area contributed by atoms with Crippen LogP contribution in [0.3, 0.4) is 0 Å². The number of amides is 2. The predicted molar refractivity (Wildman–Crippen MR) is 233 cm³/mol. The number of piperazine rings is 1. The van der Waals surface area contributed by atoms with E-state index < -0.39 is 17.5 Å². The standard InChI is InChI=1S/C46H60N8O5S/c1-8-53-39-14-11-28-17-33(39)35(42(53)34-18-31(21-47-41(34)27(3)58-7)52-22-29-12-13-30(23-52)51(29)6)20-46(4,5)25-59-45(57)36-10-9-15-54(50-36)44(56)37(19-40-48-38(28)24-60-40)49-43(55)32-16-26(32)2/h11,14,17-18,21,24,26-27,29-30,32,36-37,50H,8-10,12-13,15-16,19-20,22-23,25H2,1-7H3,(H,49,55)/t26-,27-,29?,30?,32-,36-,37-/m0/s1. The van der Waals surface area contributed by atoms with E-state index in [2.05, 4.69) is 96.4 Å². The molecule has 2 unspecified atom stereocenters. The number of carbonyl (C=O) groups is 3. The van der Waals surface area contributed by atoms with Crippen molar-refractivity contribution in [3.63, 3.8) is 0 Å². The summed E-state index contributed by atoms with van der Waals surface area (Å²) in [7, 11) is 4.00. The van der Waals surface area contributed by atoms with Crippen molar-refractivity contribution in [2.45, 2.75) is 116 Å². The van der Waals surface area contributed by atoms with Gasteiger partial charge in [0.25, 0.3) is 5.91 Å². The Morgan fingerprint density at radius 2 is 1.92 bits per heavy atom. The molecular weight excluding hydrogens is 777 g/mol. The molecule has 9 rings (SSSR count). The van der Waals surface area contributed by atoms with Crippen molar-refractivity contribution in [3.8, 4) is 22.5 Å². The van der Waals surface area contributed by atoms with Crippen LogP contribution in [-0.4, -0.2) is 107 Å². The number of aryl methyl sites for hydroxylation is 1. The number of likely N-dealkylation sites (N-methyl/N-ethyl adjacent to an activating group) is 1. The summed E-state index contributed by atoms with van der Waals surface area (Å²) in [6, 6.07) is 8.49. The van der Waals surface area contributed by atoms with Gasteiger partial charge in [-0.25, -0.2) is 10.4 Å². The lowest BCUT2D eigenvalue weighted by atomic mass is 9.84. The summed E-state index contributed by atoms with van der Waals surface area (Å²) < 4.78 is 14.6. The minimum atomic E-state index is -0.825. The van der Waals surface area contributed by atoms with Crippen molar-refractivity contribution in [1.29, 1.82) is 0 Å². The van der Waals surface area contributed by atoms with E-state index in [4.69, 9.17) is 19.4 Å². The van der Waals surface area contributed by atoms with Crippen LogP contribution in [0.2, 0.25) is 0 Å². The third-order valence-corrected chi connectivity index (χ3v) is 14.8. The number of esters is 1. The van der Waals surface area contributed by atoms with E-state index >= 15 is 0 Å². The van der Waals surface area contributed by atoms with E-state index in [0.29, 0.717) is 43.8 Å². The van der Waals surface area contributed by atoms with Gasteiger partial charge in [0.1, 0.15) is 12.1 Å². The molecule has 7 atom stereocenters. The van der Waals surface area contributed by atoms with Crippen LogP contribution in [0, 0.1) is 17.3 Å². The zero-order valence-electron chi connectivity index (χ0n) is 36.1. The highest BCUT2D eigenvalue weighted by Crippen LogP contribution is 2.44. The van der Waals surface area contributed by atoms with Gasteiger partial charge >= 0.3 is 5.97 Å². The largest absolute Gasteiger partial charge is 0.464 e. The van der Waals surface area contributed by atoms with Crippen LogP contribution in [0.25, 0.3) is 33.4 Å². The molecule has 2 N–H and O–H groups in total. The first-order valence-corrected chi connectivity index (χ1v) is 22.8. The fourth-order valence-corrected chi connectivity index (χ4v) is 10.9. The van der Waals surface area contributed by atoms with E-state index in [9.17, 15) is 14.4 Å². The minimum Gasteiger partial charge on any atom is -0.464 e. The Hall–Kier alpha value is -4.37. The number of nitrogens with zero attached hydrogens (tertiary/aromatic N) is 6. The molecule has 320 valence electrons. The molecule has 60 heavy (non-hydrogen) atoms. The molecule has 4 fully saturated rings. The van der Waals surface area contributed by atoms with Gasteiger partial charge in [-0.3, -0.25) is 29.3 Å². The van der Waals surface area contributed by atoms with Crippen LogP contribution in [0.1, 0.15) is 89.1 Å². The van der Waals surface area contributed by atoms with Crippen molar-refractivity contribution in [1.82, 2.24) is 35.2 Å². The normalized spacial score (nSPS) is 27.4. The van der Waals surface area contributed by atoms with Gasteiger partial charge in [-0.15, -0.1) is 11.3 Å². The topological polar surface area (TPSA) is 134 Å². The third-order valence-electron chi connectivity index (χ3n) is 13.9. The molecule has 4 aromatic rings. The zero-order valence-corrected chi connectivity index (χ0v) is 36.9. The predicted octanol–water partition coefficient (Wildman–Crippen LogP) is 6.14. The Bertz CT molecular complexity index is 2290. The van der Waals surface area contributed by atoms with Crippen LogP contribution in [0.15, 0.2) is 35.8 Å². The quantitative estimate of drug-likeness (QED) is 0.209. The molecule has 4 aliphatic heterocycles. The fraction of sp³-hybridized carbons (Fsp3) is 0.587. The number of methoxy groups -OCH3 is 1.